The SMILES string of the molecule is CC(=O)[C@H]1[C@H](C)CC2C3CCC4=CC(O)CCC4=C3[C@@H](c3ccc(-c4cccnc4)cc3)C[C@@]21C. The molecule has 1 N–H and O–H groups in total. The van der Waals surface area contributed by atoms with Gasteiger partial charge in [-0.05, 0) is 103 Å². The monoisotopic (exact) mass is 467 g/mol. The molecule has 3 nitrogen and oxygen atoms in total. The van der Waals surface area contributed by atoms with Crippen LogP contribution in [0, 0.1) is 29.1 Å². The molecule has 2 fully saturated rings. The fourth-order valence-electron chi connectivity index (χ4n) is 8.75. The first kappa shape index (κ1) is 22.9. The van der Waals surface area contributed by atoms with Crippen LogP contribution in [0.4, 0.5) is 0 Å². The first-order valence-electron chi connectivity index (χ1n) is 13.5. The molecular weight excluding hydrogens is 430 g/mol. The number of carbonyl (C=O) groups excluding carboxylic acids is 1. The molecule has 182 valence electrons. The Morgan fingerprint density at radius 1 is 1.09 bits per heavy atom. The lowest BCUT2D eigenvalue weighted by atomic mass is 9.51. The van der Waals surface area contributed by atoms with Gasteiger partial charge in [-0.2, -0.15) is 0 Å². The second-order valence-electron chi connectivity index (χ2n) is 11.9. The number of fused-ring (bicyclic) bond motifs is 4. The summed E-state index contributed by atoms with van der Waals surface area (Å²) in [5.74, 6) is 2.44. The number of carbonyl (C=O) groups is 1. The van der Waals surface area contributed by atoms with Gasteiger partial charge in [0.25, 0.3) is 0 Å². The molecule has 0 bridgehead atoms. The van der Waals surface area contributed by atoms with Gasteiger partial charge >= 0.3 is 0 Å². The number of ketones is 1. The van der Waals surface area contributed by atoms with Gasteiger partial charge in [0.15, 0.2) is 0 Å². The van der Waals surface area contributed by atoms with Crippen molar-refractivity contribution in [3.63, 3.8) is 0 Å². The third-order valence-electron chi connectivity index (χ3n) is 9.95. The molecule has 0 amide bonds. The Kier molecular flexibility index (Phi) is 5.60. The number of aliphatic hydroxyl groups excluding tert-OH is 1. The lowest BCUT2D eigenvalue weighted by Crippen LogP contribution is -2.45. The number of pyridine rings is 1. The minimum Gasteiger partial charge on any atom is -0.389 e. The highest BCUT2D eigenvalue weighted by Gasteiger charge is 2.59. The molecule has 6 rings (SSSR count). The summed E-state index contributed by atoms with van der Waals surface area (Å²) in [4.78, 5) is 17.2. The smallest absolute Gasteiger partial charge is 0.133 e. The standard InChI is InChI=1S/C32H37NO2/c1-19-15-29-27-12-10-23-16-25(35)11-13-26(23)30(27)28(17-32(29,3)31(19)20(2)34)22-8-6-21(7-9-22)24-5-4-14-33-18-24/h4-9,14,16,18-19,25,27-29,31,35H,10-13,15,17H2,1-3H3/t19-,25?,27?,28-,29?,31-,32+/m1/s1. The van der Waals surface area contributed by atoms with Crippen molar-refractivity contribution >= 4 is 5.78 Å². The molecule has 2 saturated carbocycles. The van der Waals surface area contributed by atoms with Crippen LogP contribution < -0.4 is 0 Å². The molecule has 3 unspecified atom stereocenters. The van der Waals surface area contributed by atoms with Crippen molar-refractivity contribution in [2.24, 2.45) is 29.1 Å². The lowest BCUT2D eigenvalue weighted by Gasteiger charge is -2.52. The summed E-state index contributed by atoms with van der Waals surface area (Å²) in [6, 6.07) is 13.2. The van der Waals surface area contributed by atoms with Crippen LogP contribution >= 0.6 is 0 Å². The molecule has 3 heteroatoms. The molecule has 0 aliphatic heterocycles. The van der Waals surface area contributed by atoms with E-state index in [2.05, 4.69) is 55.2 Å². The average Bonchev–Trinajstić information content (AvgIpc) is 3.13. The summed E-state index contributed by atoms with van der Waals surface area (Å²) < 4.78 is 0. The highest BCUT2D eigenvalue weighted by molar-refractivity contribution is 5.80. The largest absolute Gasteiger partial charge is 0.389 e. The fourth-order valence-corrected chi connectivity index (χ4v) is 8.75. The van der Waals surface area contributed by atoms with E-state index in [-0.39, 0.29) is 17.4 Å². The molecule has 0 spiro atoms. The number of aliphatic hydroxyl groups is 1. The Morgan fingerprint density at radius 3 is 2.60 bits per heavy atom. The quantitative estimate of drug-likeness (QED) is 0.535. The van der Waals surface area contributed by atoms with Crippen molar-refractivity contribution in [1.29, 1.82) is 0 Å². The summed E-state index contributed by atoms with van der Waals surface area (Å²) in [6.45, 7) is 6.57. The van der Waals surface area contributed by atoms with Crippen molar-refractivity contribution < 1.29 is 9.90 Å². The molecule has 1 heterocycles. The molecule has 4 aliphatic rings. The number of rotatable bonds is 3. The van der Waals surface area contributed by atoms with E-state index in [4.69, 9.17) is 0 Å². The normalized spacial score (nSPS) is 36.2. The van der Waals surface area contributed by atoms with Crippen LogP contribution in [0.3, 0.4) is 0 Å². The van der Waals surface area contributed by atoms with Crippen LogP contribution in [0.2, 0.25) is 0 Å². The Balaban J connectivity index is 1.47. The molecule has 7 atom stereocenters. The first-order chi connectivity index (χ1) is 16.9. The Labute approximate surface area is 209 Å². The zero-order chi connectivity index (χ0) is 24.3. The molecule has 2 aromatic rings. The van der Waals surface area contributed by atoms with E-state index >= 15 is 0 Å². The number of benzene rings is 1. The molecular formula is C32H37NO2. The van der Waals surface area contributed by atoms with Crippen molar-refractivity contribution in [3.05, 3.63) is 77.2 Å². The van der Waals surface area contributed by atoms with E-state index in [1.54, 1.807) is 5.57 Å². The zero-order valence-corrected chi connectivity index (χ0v) is 21.2. The minimum absolute atomic E-state index is 0.0437. The van der Waals surface area contributed by atoms with Crippen molar-refractivity contribution in [3.8, 4) is 11.1 Å². The Bertz CT molecular complexity index is 1190. The summed E-state index contributed by atoms with van der Waals surface area (Å²) in [5, 5.41) is 10.3. The second-order valence-corrected chi connectivity index (χ2v) is 11.9. The third kappa shape index (κ3) is 3.66. The van der Waals surface area contributed by atoms with E-state index in [1.807, 2.05) is 25.4 Å². The predicted octanol–water partition coefficient (Wildman–Crippen LogP) is 6.89. The second kappa shape index (κ2) is 8.55. The van der Waals surface area contributed by atoms with Crippen LogP contribution in [0.5, 0.6) is 0 Å². The lowest BCUT2D eigenvalue weighted by molar-refractivity contribution is -0.126. The number of hydrogen-bond acceptors (Lipinski definition) is 3. The maximum atomic E-state index is 12.9. The number of aromatic nitrogens is 1. The minimum atomic E-state index is -0.300. The number of hydrogen-bond donors (Lipinski definition) is 1. The molecule has 4 aliphatic carbocycles. The summed E-state index contributed by atoms with van der Waals surface area (Å²) in [5.41, 5.74) is 8.32. The van der Waals surface area contributed by atoms with E-state index in [1.165, 1.54) is 22.3 Å². The highest BCUT2D eigenvalue weighted by Crippen LogP contribution is 2.67. The van der Waals surface area contributed by atoms with E-state index in [9.17, 15) is 9.90 Å². The summed E-state index contributed by atoms with van der Waals surface area (Å²) in [7, 11) is 0. The van der Waals surface area contributed by atoms with E-state index in [0.29, 0.717) is 29.5 Å². The Morgan fingerprint density at radius 2 is 1.89 bits per heavy atom. The van der Waals surface area contributed by atoms with Crippen LogP contribution in [-0.2, 0) is 4.79 Å². The van der Waals surface area contributed by atoms with Crippen LogP contribution in [0.15, 0.2) is 71.6 Å². The van der Waals surface area contributed by atoms with E-state index < -0.39 is 0 Å². The van der Waals surface area contributed by atoms with Crippen molar-refractivity contribution in [2.45, 2.75) is 71.3 Å². The van der Waals surface area contributed by atoms with Gasteiger partial charge in [-0.3, -0.25) is 9.78 Å². The first-order valence-corrected chi connectivity index (χ1v) is 13.5. The van der Waals surface area contributed by atoms with Gasteiger partial charge < -0.3 is 5.11 Å². The van der Waals surface area contributed by atoms with Gasteiger partial charge in [0.1, 0.15) is 5.78 Å². The number of Topliss-reactive ketones (excluding diaryl/α,β-unsaturated/α-hetero) is 1. The topological polar surface area (TPSA) is 50.2 Å². The highest BCUT2D eigenvalue weighted by atomic mass is 16.3. The van der Waals surface area contributed by atoms with Crippen molar-refractivity contribution in [2.75, 3.05) is 0 Å². The van der Waals surface area contributed by atoms with Gasteiger partial charge in [-0.1, -0.05) is 55.8 Å². The third-order valence-corrected chi connectivity index (χ3v) is 9.95. The molecule has 0 radical (unpaired) electrons. The van der Waals surface area contributed by atoms with Crippen molar-refractivity contribution in [1.82, 2.24) is 4.98 Å². The van der Waals surface area contributed by atoms with Gasteiger partial charge in [0.2, 0.25) is 0 Å². The van der Waals surface area contributed by atoms with Crippen LogP contribution in [-0.4, -0.2) is 22.0 Å². The number of nitrogens with zero attached hydrogens (tertiary/aromatic N) is 1. The maximum absolute atomic E-state index is 12.9. The maximum Gasteiger partial charge on any atom is 0.133 e. The molecule has 35 heavy (non-hydrogen) atoms. The van der Waals surface area contributed by atoms with Crippen LogP contribution in [0.25, 0.3) is 11.1 Å². The fraction of sp³-hybridized carbons (Fsp3) is 0.500. The predicted molar refractivity (Wildman–Crippen MR) is 140 cm³/mol. The zero-order valence-electron chi connectivity index (χ0n) is 21.2. The van der Waals surface area contributed by atoms with Crippen LogP contribution in [0.1, 0.15) is 70.8 Å². The molecule has 1 aromatic heterocycles. The van der Waals surface area contributed by atoms with Gasteiger partial charge in [0.05, 0.1) is 6.10 Å². The Hall–Kier alpha value is -2.52. The molecule has 0 saturated heterocycles. The van der Waals surface area contributed by atoms with Gasteiger partial charge in [-0.25, -0.2) is 0 Å². The number of allylic oxidation sites excluding steroid dienone is 3. The van der Waals surface area contributed by atoms with Gasteiger partial charge in [-0.15, -0.1) is 0 Å². The summed E-state index contributed by atoms with van der Waals surface area (Å²) in [6.07, 6.45) is 11.8. The van der Waals surface area contributed by atoms with E-state index in [0.717, 1.165) is 44.1 Å². The average molecular weight is 468 g/mol. The summed E-state index contributed by atoms with van der Waals surface area (Å²) >= 11 is 0. The van der Waals surface area contributed by atoms with Gasteiger partial charge in [0, 0.05) is 24.2 Å². The molecule has 1 aromatic carbocycles.